The predicted molar refractivity (Wildman–Crippen MR) is 132 cm³/mol. The molecule has 2 fully saturated rings. The lowest BCUT2D eigenvalue weighted by Crippen LogP contribution is -2.52. The fraction of sp³-hybridized carbons (Fsp3) is 0.440. The molecule has 184 valence electrons. The van der Waals surface area contributed by atoms with Gasteiger partial charge in [0.25, 0.3) is 5.91 Å². The Morgan fingerprint density at radius 3 is 2.71 bits per heavy atom. The number of piperazine rings is 1. The third kappa shape index (κ3) is 3.70. The molecule has 2 bridgehead atoms. The largest absolute Gasteiger partial charge is 0.491 e. The second kappa shape index (κ2) is 8.30. The number of halogens is 2. The minimum Gasteiger partial charge on any atom is -0.491 e. The van der Waals surface area contributed by atoms with Crippen molar-refractivity contribution in [2.45, 2.75) is 44.3 Å². The SMILES string of the molecule is Cc1ccc2c(N)c(C(=O)N[C@@H]3COc4cc(N5CC6CCC(C5)N6C)c(F)c(F)c4C3)sc2n1. The van der Waals surface area contributed by atoms with E-state index in [1.807, 2.05) is 24.0 Å². The lowest BCUT2D eigenvalue weighted by molar-refractivity contribution is 0.0919. The number of hydrogen-bond acceptors (Lipinski definition) is 7. The van der Waals surface area contributed by atoms with Crippen LogP contribution < -0.4 is 20.7 Å². The Morgan fingerprint density at radius 1 is 1.23 bits per heavy atom. The average molecular weight is 500 g/mol. The number of benzene rings is 1. The number of aromatic nitrogens is 1. The van der Waals surface area contributed by atoms with E-state index in [0.29, 0.717) is 46.3 Å². The van der Waals surface area contributed by atoms with E-state index >= 15 is 8.78 Å². The first-order chi connectivity index (χ1) is 16.8. The van der Waals surface area contributed by atoms with Crippen molar-refractivity contribution in [2.75, 3.05) is 37.4 Å². The Labute approximate surface area is 205 Å². The summed E-state index contributed by atoms with van der Waals surface area (Å²) < 4.78 is 36.3. The third-order valence-corrected chi connectivity index (χ3v) is 8.71. The van der Waals surface area contributed by atoms with Gasteiger partial charge in [0.1, 0.15) is 22.1 Å². The van der Waals surface area contributed by atoms with Gasteiger partial charge in [-0.1, -0.05) is 0 Å². The topological polar surface area (TPSA) is 83.7 Å². The van der Waals surface area contributed by atoms with Gasteiger partial charge >= 0.3 is 0 Å². The molecule has 2 saturated heterocycles. The van der Waals surface area contributed by atoms with Crippen LogP contribution in [0.5, 0.6) is 5.75 Å². The van der Waals surface area contributed by atoms with Crippen LogP contribution in [-0.4, -0.2) is 60.7 Å². The molecule has 0 saturated carbocycles. The molecule has 5 heterocycles. The number of nitrogens with two attached hydrogens (primary N) is 1. The molecular weight excluding hydrogens is 472 g/mol. The average Bonchev–Trinajstić information content (AvgIpc) is 3.24. The number of ether oxygens (including phenoxy) is 1. The zero-order valence-corrected chi connectivity index (χ0v) is 20.4. The highest BCUT2D eigenvalue weighted by Gasteiger charge is 2.39. The normalized spacial score (nSPS) is 23.9. The quantitative estimate of drug-likeness (QED) is 0.574. The van der Waals surface area contributed by atoms with Crippen molar-refractivity contribution in [1.29, 1.82) is 0 Å². The number of carbonyl (C=O) groups is 1. The van der Waals surface area contributed by atoms with E-state index in [4.69, 9.17) is 10.5 Å². The van der Waals surface area contributed by atoms with Gasteiger partial charge in [-0.15, -0.1) is 11.3 Å². The Balaban J connectivity index is 1.21. The van der Waals surface area contributed by atoms with Crippen molar-refractivity contribution in [1.82, 2.24) is 15.2 Å². The van der Waals surface area contributed by atoms with Crippen molar-refractivity contribution in [2.24, 2.45) is 0 Å². The number of pyridine rings is 1. The maximum Gasteiger partial charge on any atom is 0.263 e. The summed E-state index contributed by atoms with van der Waals surface area (Å²) in [4.78, 5) is 22.7. The van der Waals surface area contributed by atoms with Crippen molar-refractivity contribution < 1.29 is 18.3 Å². The summed E-state index contributed by atoms with van der Waals surface area (Å²) in [7, 11) is 2.10. The van der Waals surface area contributed by atoms with E-state index in [2.05, 4.69) is 22.2 Å². The number of carbonyl (C=O) groups excluding carboxylic acids is 1. The number of fused-ring (bicyclic) bond motifs is 4. The number of amides is 1. The highest BCUT2D eigenvalue weighted by molar-refractivity contribution is 7.21. The minimum absolute atomic E-state index is 0.139. The summed E-state index contributed by atoms with van der Waals surface area (Å²) in [5.41, 5.74) is 7.82. The number of rotatable bonds is 3. The summed E-state index contributed by atoms with van der Waals surface area (Å²) in [6, 6.07) is 5.52. The molecule has 6 rings (SSSR count). The summed E-state index contributed by atoms with van der Waals surface area (Å²) in [6.45, 7) is 3.38. The van der Waals surface area contributed by atoms with Crippen LogP contribution in [0.25, 0.3) is 10.2 Å². The van der Waals surface area contributed by atoms with Crippen LogP contribution in [0, 0.1) is 18.6 Å². The van der Waals surface area contributed by atoms with Crippen molar-refractivity contribution in [3.05, 3.63) is 46.0 Å². The number of thiophene rings is 1. The van der Waals surface area contributed by atoms with E-state index < -0.39 is 17.7 Å². The van der Waals surface area contributed by atoms with E-state index in [1.54, 1.807) is 6.07 Å². The number of hydrogen-bond donors (Lipinski definition) is 2. The molecule has 3 atom stereocenters. The Kier molecular flexibility index (Phi) is 5.33. The second-order valence-corrected chi connectivity index (χ2v) is 10.8. The maximum absolute atomic E-state index is 15.2. The van der Waals surface area contributed by atoms with Gasteiger partial charge in [0.2, 0.25) is 0 Å². The van der Waals surface area contributed by atoms with Gasteiger partial charge in [-0.25, -0.2) is 13.8 Å². The van der Waals surface area contributed by atoms with Gasteiger partial charge in [-0.3, -0.25) is 9.69 Å². The number of nitrogens with one attached hydrogen (secondary N) is 1. The number of aryl methyl sites for hydroxylation is 1. The molecular formula is C25H27F2N5O2S. The fourth-order valence-electron chi connectivity index (χ4n) is 5.58. The predicted octanol–water partition coefficient (Wildman–Crippen LogP) is 3.48. The molecule has 3 aromatic rings. The molecule has 2 unspecified atom stereocenters. The summed E-state index contributed by atoms with van der Waals surface area (Å²) in [5, 5.41) is 3.61. The molecule has 7 nitrogen and oxygen atoms in total. The zero-order valence-electron chi connectivity index (χ0n) is 19.6. The summed E-state index contributed by atoms with van der Waals surface area (Å²) in [6.07, 6.45) is 2.29. The molecule has 0 aliphatic carbocycles. The number of nitrogen functional groups attached to an aromatic ring is 1. The summed E-state index contributed by atoms with van der Waals surface area (Å²) >= 11 is 1.22. The Morgan fingerprint density at radius 2 is 1.97 bits per heavy atom. The van der Waals surface area contributed by atoms with Gasteiger partial charge in [-0.2, -0.15) is 0 Å². The van der Waals surface area contributed by atoms with Gasteiger partial charge < -0.3 is 20.7 Å². The van der Waals surface area contributed by atoms with Gasteiger partial charge in [-0.05, 0) is 38.9 Å². The number of nitrogens with zero attached hydrogens (tertiary/aromatic N) is 3. The highest BCUT2D eigenvalue weighted by atomic mass is 32.1. The zero-order chi connectivity index (χ0) is 24.4. The molecule has 0 spiro atoms. The summed E-state index contributed by atoms with van der Waals surface area (Å²) in [5.74, 6) is -1.77. The lowest BCUT2D eigenvalue weighted by Gasteiger charge is -2.40. The minimum atomic E-state index is -0.899. The van der Waals surface area contributed by atoms with Crippen molar-refractivity contribution in [3.8, 4) is 5.75 Å². The molecule has 3 N–H and O–H groups in total. The van der Waals surface area contributed by atoms with E-state index in [1.165, 1.54) is 11.3 Å². The van der Waals surface area contributed by atoms with Crippen molar-refractivity contribution in [3.63, 3.8) is 0 Å². The monoisotopic (exact) mass is 499 g/mol. The third-order valence-electron chi connectivity index (χ3n) is 7.60. The standard InChI is InChI=1S/C25H27F2N5O2S/c1-12-3-6-16-22(28)23(35-25(16)29-12)24(33)30-13-7-17-19(34-11-13)8-18(21(27)20(17)26)32-9-14-4-5-15(10-32)31(14)2/h3,6,8,13-15H,4-5,7,9-11,28H2,1-2H3,(H,30,33)/t13-,14?,15?/m0/s1. The van der Waals surface area contributed by atoms with Crippen molar-refractivity contribution >= 4 is 38.8 Å². The highest BCUT2D eigenvalue weighted by Crippen LogP contribution is 2.39. The van der Waals surface area contributed by atoms with Crippen LogP contribution in [-0.2, 0) is 6.42 Å². The smallest absolute Gasteiger partial charge is 0.263 e. The van der Waals surface area contributed by atoms with E-state index in [-0.39, 0.29) is 30.2 Å². The fourth-order valence-corrected chi connectivity index (χ4v) is 6.63. The van der Waals surface area contributed by atoms with Gasteiger partial charge in [0.05, 0.1) is 17.4 Å². The Bertz CT molecular complexity index is 1330. The molecule has 3 aliphatic rings. The molecule has 2 aromatic heterocycles. The van der Waals surface area contributed by atoms with Crippen LogP contribution in [0.1, 0.15) is 33.8 Å². The number of anilines is 2. The first kappa shape index (κ1) is 22.5. The molecule has 35 heavy (non-hydrogen) atoms. The van der Waals surface area contributed by atoms with E-state index in [0.717, 1.165) is 23.9 Å². The van der Waals surface area contributed by atoms with Gasteiger partial charge in [0, 0.05) is 54.3 Å². The molecule has 3 aliphatic heterocycles. The second-order valence-electron chi connectivity index (χ2n) is 9.79. The van der Waals surface area contributed by atoms with Crippen LogP contribution in [0.3, 0.4) is 0 Å². The molecule has 1 aromatic carbocycles. The maximum atomic E-state index is 15.2. The molecule has 1 amide bonds. The molecule has 0 radical (unpaired) electrons. The lowest BCUT2D eigenvalue weighted by atomic mass is 10.00. The van der Waals surface area contributed by atoms with Crippen LogP contribution in [0.2, 0.25) is 0 Å². The van der Waals surface area contributed by atoms with Crippen LogP contribution in [0.15, 0.2) is 18.2 Å². The van der Waals surface area contributed by atoms with Crippen LogP contribution >= 0.6 is 11.3 Å². The van der Waals surface area contributed by atoms with E-state index in [9.17, 15) is 4.79 Å². The molecule has 10 heteroatoms. The Hall–Kier alpha value is -2.98. The first-order valence-electron chi connectivity index (χ1n) is 11.9. The van der Waals surface area contributed by atoms with Crippen LogP contribution in [0.4, 0.5) is 20.2 Å². The first-order valence-corrected chi connectivity index (χ1v) is 12.7. The van der Waals surface area contributed by atoms with Gasteiger partial charge in [0.15, 0.2) is 11.6 Å². The number of likely N-dealkylation sites (N-methyl/N-ethyl adjacent to an activating group) is 1.